The number of rotatable bonds is 15. The van der Waals surface area contributed by atoms with Crippen LogP contribution in [0.25, 0.3) is 0 Å². The Kier molecular flexibility index (Phi) is 11.9. The van der Waals surface area contributed by atoms with Gasteiger partial charge in [0.25, 0.3) is 0 Å². The third-order valence-corrected chi connectivity index (χ3v) is 4.95. The zero-order valence-electron chi connectivity index (χ0n) is 15.7. The lowest BCUT2D eigenvalue weighted by atomic mass is 9.66. The number of amides is 1. The van der Waals surface area contributed by atoms with Crippen LogP contribution in [0.2, 0.25) is 0 Å². The highest BCUT2D eigenvalue weighted by atomic mass is 16.3. The number of hydrogen-bond donors (Lipinski definition) is 3. The molecule has 2 atom stereocenters. The van der Waals surface area contributed by atoms with Crippen molar-refractivity contribution in [1.29, 1.82) is 0 Å². The van der Waals surface area contributed by atoms with E-state index in [-0.39, 0.29) is 18.3 Å². The third kappa shape index (κ3) is 6.52. The molecule has 0 aromatic rings. The van der Waals surface area contributed by atoms with Crippen LogP contribution in [-0.4, -0.2) is 34.6 Å². The molecule has 5 heteroatoms. The Morgan fingerprint density at radius 1 is 1.00 bits per heavy atom. The fraction of sp³-hybridized carbons (Fsp3) is 0.895. The number of aliphatic hydroxyl groups excluding tert-OH is 2. The Bertz CT molecular complexity index is 370. The quantitative estimate of drug-likeness (QED) is 0.314. The lowest BCUT2D eigenvalue weighted by molar-refractivity contribution is -0.153. The Hall–Kier alpha value is -0.940. The van der Waals surface area contributed by atoms with Crippen molar-refractivity contribution in [2.24, 2.45) is 17.1 Å². The number of hydrogen-bond acceptors (Lipinski definition) is 4. The molecule has 0 saturated carbocycles. The molecule has 0 aromatic carbocycles. The topological polar surface area (TPSA) is 101 Å². The summed E-state index contributed by atoms with van der Waals surface area (Å²) >= 11 is 0. The summed E-state index contributed by atoms with van der Waals surface area (Å²) in [4.78, 5) is 25.0. The van der Waals surface area contributed by atoms with Crippen LogP contribution in [0.1, 0.15) is 85.0 Å². The van der Waals surface area contributed by atoms with Crippen molar-refractivity contribution in [3.8, 4) is 0 Å². The molecule has 0 aliphatic heterocycles. The van der Waals surface area contributed by atoms with Crippen molar-refractivity contribution in [3.05, 3.63) is 0 Å². The van der Waals surface area contributed by atoms with Crippen LogP contribution < -0.4 is 5.73 Å². The van der Waals surface area contributed by atoms with Crippen molar-refractivity contribution in [2.45, 2.75) is 91.1 Å². The summed E-state index contributed by atoms with van der Waals surface area (Å²) < 4.78 is 0. The summed E-state index contributed by atoms with van der Waals surface area (Å²) in [5.41, 5.74) is 4.10. The fourth-order valence-corrected chi connectivity index (χ4v) is 3.43. The van der Waals surface area contributed by atoms with Gasteiger partial charge in [0.05, 0.1) is 6.10 Å². The zero-order chi connectivity index (χ0) is 18.6. The summed E-state index contributed by atoms with van der Waals surface area (Å²) in [6.45, 7) is 5.79. The molecule has 2 unspecified atom stereocenters. The minimum absolute atomic E-state index is 0.109. The lowest BCUT2D eigenvalue weighted by Crippen LogP contribution is -2.55. The van der Waals surface area contributed by atoms with Crippen LogP contribution >= 0.6 is 0 Å². The first-order valence-electron chi connectivity index (χ1n) is 9.47. The summed E-state index contributed by atoms with van der Waals surface area (Å²) in [6, 6.07) is 0. The Morgan fingerprint density at radius 2 is 1.58 bits per heavy atom. The third-order valence-electron chi connectivity index (χ3n) is 4.95. The van der Waals surface area contributed by atoms with Crippen molar-refractivity contribution >= 4 is 11.7 Å². The minimum Gasteiger partial charge on any atom is -0.396 e. The minimum atomic E-state index is -1.50. The van der Waals surface area contributed by atoms with Crippen molar-refractivity contribution < 1.29 is 19.8 Å². The molecule has 0 saturated heterocycles. The van der Waals surface area contributed by atoms with Gasteiger partial charge in [0, 0.05) is 13.0 Å². The smallest absolute Gasteiger partial charge is 0.234 e. The normalized spacial score (nSPS) is 15.2. The Labute approximate surface area is 147 Å². The molecule has 0 aromatic heterocycles. The van der Waals surface area contributed by atoms with Crippen LogP contribution in [0, 0.1) is 11.3 Å². The first-order chi connectivity index (χ1) is 11.3. The predicted octanol–water partition coefficient (Wildman–Crippen LogP) is 2.96. The monoisotopic (exact) mass is 343 g/mol. The number of aliphatic hydroxyl groups is 2. The van der Waals surface area contributed by atoms with E-state index in [0.717, 1.165) is 38.5 Å². The van der Waals surface area contributed by atoms with Gasteiger partial charge in [-0.25, -0.2) is 0 Å². The maximum atomic E-state index is 12.8. The molecule has 4 N–H and O–H groups in total. The standard InChI is InChI=1S/C19H37NO4/c1-4-5-6-7-9-12-16(22)19(15(2)3,18(20)24)17(23)13-10-8-11-14-21/h15,17,21,23H,4-14H2,1-3H3,(H2,20,24). The highest BCUT2D eigenvalue weighted by Gasteiger charge is 2.51. The van der Waals surface area contributed by atoms with E-state index in [1.54, 1.807) is 13.8 Å². The molecule has 5 nitrogen and oxygen atoms in total. The SMILES string of the molecule is CCCCCCCC(=O)C(C(N)=O)(C(C)C)C(O)CCCCCO. The number of primary amides is 1. The molecular weight excluding hydrogens is 306 g/mol. The maximum Gasteiger partial charge on any atom is 0.234 e. The molecule has 0 fully saturated rings. The molecular formula is C19H37NO4. The van der Waals surface area contributed by atoms with Crippen molar-refractivity contribution in [1.82, 2.24) is 0 Å². The second-order valence-corrected chi connectivity index (χ2v) is 7.06. The van der Waals surface area contributed by atoms with Gasteiger partial charge in [0.15, 0.2) is 5.78 Å². The van der Waals surface area contributed by atoms with Gasteiger partial charge in [-0.05, 0) is 25.2 Å². The average molecular weight is 344 g/mol. The van der Waals surface area contributed by atoms with Gasteiger partial charge in [-0.2, -0.15) is 0 Å². The van der Waals surface area contributed by atoms with Crippen LogP contribution in [0.15, 0.2) is 0 Å². The van der Waals surface area contributed by atoms with Crippen molar-refractivity contribution in [2.75, 3.05) is 6.61 Å². The van der Waals surface area contributed by atoms with Gasteiger partial charge in [0.2, 0.25) is 5.91 Å². The number of carbonyl (C=O) groups is 2. The van der Waals surface area contributed by atoms with Gasteiger partial charge in [0.1, 0.15) is 5.41 Å². The molecule has 0 rings (SSSR count). The summed E-state index contributed by atoms with van der Waals surface area (Å²) in [6.07, 6.45) is 6.71. The number of unbranched alkanes of at least 4 members (excludes halogenated alkanes) is 6. The van der Waals surface area contributed by atoms with Gasteiger partial charge in [-0.1, -0.05) is 59.3 Å². The molecule has 142 valence electrons. The molecule has 0 spiro atoms. The van der Waals surface area contributed by atoms with Crippen LogP contribution in [-0.2, 0) is 9.59 Å². The van der Waals surface area contributed by atoms with Gasteiger partial charge >= 0.3 is 0 Å². The van der Waals surface area contributed by atoms with Crippen LogP contribution in [0.4, 0.5) is 0 Å². The number of ketones is 1. The van der Waals surface area contributed by atoms with E-state index in [4.69, 9.17) is 10.8 Å². The fourth-order valence-electron chi connectivity index (χ4n) is 3.43. The first-order valence-corrected chi connectivity index (χ1v) is 9.47. The summed E-state index contributed by atoms with van der Waals surface area (Å²) in [5.74, 6) is -1.28. The first kappa shape index (κ1) is 23.1. The van der Waals surface area contributed by atoms with E-state index >= 15 is 0 Å². The van der Waals surface area contributed by atoms with E-state index in [2.05, 4.69) is 6.92 Å². The van der Waals surface area contributed by atoms with E-state index in [1.807, 2.05) is 0 Å². The van der Waals surface area contributed by atoms with Crippen LogP contribution in [0.5, 0.6) is 0 Å². The summed E-state index contributed by atoms with van der Waals surface area (Å²) in [5, 5.41) is 19.5. The highest BCUT2D eigenvalue weighted by Crippen LogP contribution is 2.37. The van der Waals surface area contributed by atoms with Gasteiger partial charge in [-0.15, -0.1) is 0 Å². The molecule has 0 bridgehead atoms. The van der Waals surface area contributed by atoms with Crippen LogP contribution in [0.3, 0.4) is 0 Å². The number of carbonyl (C=O) groups excluding carboxylic acids is 2. The molecule has 1 amide bonds. The van der Waals surface area contributed by atoms with Gasteiger partial charge in [-0.3, -0.25) is 9.59 Å². The summed E-state index contributed by atoms with van der Waals surface area (Å²) in [7, 11) is 0. The van der Waals surface area contributed by atoms with E-state index in [1.165, 1.54) is 0 Å². The second kappa shape index (κ2) is 12.4. The average Bonchev–Trinajstić information content (AvgIpc) is 2.51. The second-order valence-electron chi connectivity index (χ2n) is 7.06. The largest absolute Gasteiger partial charge is 0.396 e. The lowest BCUT2D eigenvalue weighted by Gasteiger charge is -2.37. The molecule has 24 heavy (non-hydrogen) atoms. The molecule has 0 heterocycles. The maximum absolute atomic E-state index is 12.8. The highest BCUT2D eigenvalue weighted by molar-refractivity contribution is 6.06. The molecule has 0 aliphatic rings. The molecule has 0 aliphatic carbocycles. The van der Waals surface area contributed by atoms with E-state index in [0.29, 0.717) is 25.7 Å². The van der Waals surface area contributed by atoms with E-state index in [9.17, 15) is 14.7 Å². The Balaban J connectivity index is 4.92. The predicted molar refractivity (Wildman–Crippen MR) is 96.4 cm³/mol. The Morgan fingerprint density at radius 3 is 2.08 bits per heavy atom. The number of nitrogens with two attached hydrogens (primary N) is 1. The van der Waals surface area contributed by atoms with Crippen molar-refractivity contribution in [3.63, 3.8) is 0 Å². The molecule has 0 radical (unpaired) electrons. The number of Topliss-reactive ketones (excluding diaryl/α,β-unsaturated/α-hetero) is 1. The van der Waals surface area contributed by atoms with Gasteiger partial charge < -0.3 is 15.9 Å². The van der Waals surface area contributed by atoms with E-state index < -0.39 is 17.4 Å². The zero-order valence-corrected chi connectivity index (χ0v) is 15.7.